The molecule has 0 unspecified atom stereocenters. The van der Waals surface area contributed by atoms with Gasteiger partial charge < -0.3 is 0 Å². The Morgan fingerprint density at radius 3 is 1.47 bits per heavy atom. The van der Waals surface area contributed by atoms with Crippen molar-refractivity contribution in [2.24, 2.45) is 0 Å². The number of fused-ring (bicyclic) bond motifs is 9. The van der Waals surface area contributed by atoms with Gasteiger partial charge in [0.25, 0.3) is 0 Å². The summed E-state index contributed by atoms with van der Waals surface area (Å²) in [6.07, 6.45) is 0. The lowest BCUT2D eigenvalue weighted by molar-refractivity contribution is 0.660. The molecule has 8 aromatic carbocycles. The molecule has 0 saturated carbocycles. The third-order valence-electron chi connectivity index (χ3n) is 13.1. The van der Waals surface area contributed by atoms with Crippen molar-refractivity contribution in [3.63, 3.8) is 0 Å². The van der Waals surface area contributed by atoms with Crippen LogP contribution in [-0.4, -0.2) is 4.98 Å². The van der Waals surface area contributed by atoms with Crippen LogP contribution >= 0.6 is 0 Å². The fourth-order valence-corrected chi connectivity index (χ4v) is 9.99. The van der Waals surface area contributed by atoms with Crippen molar-refractivity contribution in [1.29, 1.82) is 5.26 Å². The molecule has 0 spiro atoms. The number of aromatic nitrogens is 1. The minimum atomic E-state index is -0.122. The van der Waals surface area contributed by atoms with E-state index in [0.29, 0.717) is 5.56 Å². The summed E-state index contributed by atoms with van der Waals surface area (Å²) < 4.78 is 0. The van der Waals surface area contributed by atoms with E-state index < -0.39 is 0 Å². The van der Waals surface area contributed by atoms with Gasteiger partial charge >= 0.3 is 0 Å². The topological polar surface area (TPSA) is 36.7 Å². The molecule has 0 amide bonds. The van der Waals surface area contributed by atoms with Crippen molar-refractivity contribution < 1.29 is 0 Å². The lowest BCUT2D eigenvalue weighted by Gasteiger charge is -2.23. The van der Waals surface area contributed by atoms with Crippen molar-refractivity contribution in [3.8, 4) is 73.0 Å². The number of rotatable bonds is 4. The SMILES string of the molecule is CC1(C)c2ccccc2-c2ccc(-c3cc(-c4ccc5c(c4)C(C)(C)c4ccccc4-5)c4cc(-c5ccc(-c6ccc(C#N)cc6)cc5)c5ccccc5c4n3)cc21. The molecule has 2 nitrogen and oxygen atoms in total. The highest BCUT2D eigenvalue weighted by Crippen LogP contribution is 2.52. The molecule has 274 valence electrons. The van der Waals surface area contributed by atoms with E-state index in [9.17, 15) is 5.26 Å². The van der Waals surface area contributed by atoms with Crippen LogP contribution in [0.1, 0.15) is 55.5 Å². The van der Waals surface area contributed by atoms with Crippen LogP contribution in [0, 0.1) is 11.3 Å². The highest BCUT2D eigenvalue weighted by molar-refractivity contribution is 6.16. The number of hydrogen-bond donors (Lipinski definition) is 0. The molecule has 2 heteroatoms. The Morgan fingerprint density at radius 1 is 0.379 bits per heavy atom. The fourth-order valence-electron chi connectivity index (χ4n) is 9.99. The van der Waals surface area contributed by atoms with Gasteiger partial charge in [0.05, 0.1) is 22.8 Å². The number of nitrogens with zero attached hydrogens (tertiary/aromatic N) is 2. The van der Waals surface area contributed by atoms with Gasteiger partial charge in [0.2, 0.25) is 0 Å². The summed E-state index contributed by atoms with van der Waals surface area (Å²) in [6, 6.07) is 64.1. The second-order valence-corrected chi connectivity index (χ2v) is 17.0. The summed E-state index contributed by atoms with van der Waals surface area (Å²) in [6.45, 7) is 9.40. The maximum Gasteiger partial charge on any atom is 0.0991 e. The zero-order valence-corrected chi connectivity index (χ0v) is 33.1. The van der Waals surface area contributed by atoms with Crippen LogP contribution in [0.15, 0.2) is 170 Å². The molecule has 0 saturated heterocycles. The van der Waals surface area contributed by atoms with Gasteiger partial charge in [-0.25, -0.2) is 4.98 Å². The largest absolute Gasteiger partial charge is 0.247 e. The Labute approximate surface area is 339 Å². The van der Waals surface area contributed by atoms with Gasteiger partial charge in [0.15, 0.2) is 0 Å². The lowest BCUT2D eigenvalue weighted by Crippen LogP contribution is -2.15. The van der Waals surface area contributed by atoms with Gasteiger partial charge in [-0.15, -0.1) is 0 Å². The predicted octanol–water partition coefficient (Wildman–Crippen LogP) is 14.5. The summed E-state index contributed by atoms with van der Waals surface area (Å²) >= 11 is 0. The molecule has 0 fully saturated rings. The van der Waals surface area contributed by atoms with Crippen LogP contribution in [0.2, 0.25) is 0 Å². The van der Waals surface area contributed by atoms with Crippen molar-refractivity contribution in [2.45, 2.75) is 38.5 Å². The first kappa shape index (κ1) is 34.2. The first-order chi connectivity index (χ1) is 28.2. The van der Waals surface area contributed by atoms with E-state index in [0.717, 1.165) is 44.2 Å². The number of hydrogen-bond acceptors (Lipinski definition) is 2. The summed E-state index contributed by atoms with van der Waals surface area (Å²) in [5.41, 5.74) is 21.2. The Morgan fingerprint density at radius 2 is 0.845 bits per heavy atom. The quantitative estimate of drug-likeness (QED) is 0.169. The molecule has 11 rings (SSSR count). The van der Waals surface area contributed by atoms with Gasteiger partial charge in [-0.05, 0) is 120 Å². The molecule has 1 aromatic heterocycles. The Bertz CT molecular complexity index is 3210. The van der Waals surface area contributed by atoms with E-state index in [-0.39, 0.29) is 10.8 Å². The van der Waals surface area contributed by atoms with Gasteiger partial charge in [-0.2, -0.15) is 5.26 Å². The molecule has 0 radical (unpaired) electrons. The van der Waals surface area contributed by atoms with Crippen LogP contribution in [0.5, 0.6) is 0 Å². The molecule has 58 heavy (non-hydrogen) atoms. The molecule has 2 aliphatic carbocycles. The average Bonchev–Trinajstić information content (AvgIpc) is 3.64. The normalized spacial score (nSPS) is 14.1. The molecule has 0 bridgehead atoms. The summed E-state index contributed by atoms with van der Waals surface area (Å²) in [5.74, 6) is 0. The maximum absolute atomic E-state index is 9.32. The Kier molecular flexibility index (Phi) is 7.35. The first-order valence-corrected chi connectivity index (χ1v) is 20.2. The van der Waals surface area contributed by atoms with Crippen molar-refractivity contribution in [2.75, 3.05) is 0 Å². The molecule has 0 atom stereocenters. The molecule has 2 aliphatic rings. The smallest absolute Gasteiger partial charge is 0.0991 e. The number of pyridine rings is 1. The van der Waals surface area contributed by atoms with E-state index >= 15 is 0 Å². The highest BCUT2D eigenvalue weighted by Gasteiger charge is 2.37. The molecule has 0 N–H and O–H groups in total. The van der Waals surface area contributed by atoms with Crippen LogP contribution < -0.4 is 0 Å². The minimum Gasteiger partial charge on any atom is -0.247 e. The van der Waals surface area contributed by atoms with E-state index in [1.807, 2.05) is 24.3 Å². The van der Waals surface area contributed by atoms with Crippen LogP contribution in [-0.2, 0) is 10.8 Å². The van der Waals surface area contributed by atoms with Crippen molar-refractivity contribution in [3.05, 3.63) is 198 Å². The average molecular weight is 741 g/mol. The summed E-state index contributed by atoms with van der Waals surface area (Å²) in [4.78, 5) is 5.60. The zero-order chi connectivity index (χ0) is 39.3. The van der Waals surface area contributed by atoms with Crippen LogP contribution in [0.4, 0.5) is 0 Å². The molecular formula is C56H40N2. The minimum absolute atomic E-state index is 0.112. The van der Waals surface area contributed by atoms with Crippen molar-refractivity contribution >= 4 is 21.7 Å². The predicted molar refractivity (Wildman–Crippen MR) is 241 cm³/mol. The Balaban J connectivity index is 1.14. The lowest BCUT2D eigenvalue weighted by atomic mass is 9.81. The third kappa shape index (κ3) is 5.00. The van der Waals surface area contributed by atoms with Crippen LogP contribution in [0.25, 0.3) is 88.6 Å². The number of nitriles is 1. The monoisotopic (exact) mass is 740 g/mol. The molecular weight excluding hydrogens is 701 g/mol. The molecule has 9 aromatic rings. The second-order valence-electron chi connectivity index (χ2n) is 17.0. The maximum atomic E-state index is 9.32. The first-order valence-electron chi connectivity index (χ1n) is 20.2. The fraction of sp³-hybridized carbons (Fsp3) is 0.107. The molecule has 1 heterocycles. The summed E-state index contributed by atoms with van der Waals surface area (Å²) in [5, 5.41) is 12.8. The number of benzene rings is 8. The van der Waals surface area contributed by atoms with E-state index in [1.165, 1.54) is 66.6 Å². The highest BCUT2D eigenvalue weighted by atomic mass is 14.7. The van der Waals surface area contributed by atoms with Gasteiger partial charge in [-0.1, -0.05) is 161 Å². The van der Waals surface area contributed by atoms with Gasteiger partial charge in [0, 0.05) is 27.2 Å². The van der Waals surface area contributed by atoms with Crippen molar-refractivity contribution in [1.82, 2.24) is 4.98 Å². The van der Waals surface area contributed by atoms with E-state index in [1.54, 1.807) is 0 Å². The van der Waals surface area contributed by atoms with E-state index in [4.69, 9.17) is 4.98 Å². The third-order valence-corrected chi connectivity index (χ3v) is 13.1. The standard InChI is InChI=1S/C56H40N2/c1-55(2)49-15-9-7-12-41(49)43-27-25-38(29-51(43)55)47-32-53(39-26-28-44-42-13-8-10-16-50(42)56(3,4)52(44)30-39)58-54-45-14-6-5-11-40(45)46(31-48(47)54)37-23-21-36(22-24-37)35-19-17-34(33-57)18-20-35/h5-32H,1-4H3. The molecule has 0 aliphatic heterocycles. The second kappa shape index (κ2) is 12.5. The Hall–Kier alpha value is -7.08. The zero-order valence-electron chi connectivity index (χ0n) is 33.1. The van der Waals surface area contributed by atoms with E-state index in [2.05, 4.69) is 179 Å². The summed E-state index contributed by atoms with van der Waals surface area (Å²) in [7, 11) is 0. The van der Waals surface area contributed by atoms with Gasteiger partial charge in [-0.3, -0.25) is 0 Å². The van der Waals surface area contributed by atoms with Crippen LogP contribution in [0.3, 0.4) is 0 Å². The van der Waals surface area contributed by atoms with Gasteiger partial charge in [0.1, 0.15) is 0 Å².